The lowest BCUT2D eigenvalue weighted by Gasteiger charge is -2.21. The number of esters is 1. The molecule has 1 aromatic carbocycles. The zero-order valence-electron chi connectivity index (χ0n) is 16.1. The number of ether oxygens (including phenoxy) is 3. The number of carbonyl (C=O) groups excluding carboxylic acids is 2. The number of amides is 1. The highest BCUT2D eigenvalue weighted by Gasteiger charge is 2.23. The number of aliphatic hydroxyl groups is 1. The van der Waals surface area contributed by atoms with Gasteiger partial charge in [-0.3, -0.25) is 0 Å². The lowest BCUT2D eigenvalue weighted by molar-refractivity contribution is -0.136. The number of hydrogen-bond donors (Lipinski definition) is 2. The minimum absolute atomic E-state index is 0.189. The summed E-state index contributed by atoms with van der Waals surface area (Å²) in [4.78, 5) is 24.1. The molecule has 0 saturated heterocycles. The molecule has 2 N–H and O–H groups in total. The van der Waals surface area contributed by atoms with Crippen molar-refractivity contribution in [3.05, 3.63) is 23.8 Å². The third kappa shape index (κ3) is 7.74. The van der Waals surface area contributed by atoms with Crippen LogP contribution in [0.15, 0.2) is 18.2 Å². The Balaban J connectivity index is 2.78. The maximum Gasteiger partial charge on any atom is 0.408 e. The largest absolute Gasteiger partial charge is 0.490 e. The smallest absolute Gasteiger partial charge is 0.408 e. The number of benzene rings is 1. The van der Waals surface area contributed by atoms with Gasteiger partial charge in [0, 0.05) is 0 Å². The van der Waals surface area contributed by atoms with E-state index in [1.54, 1.807) is 39.0 Å². The van der Waals surface area contributed by atoms with E-state index in [2.05, 4.69) is 5.32 Å². The molecular formula is C19H29NO6. The number of hydrogen-bond acceptors (Lipinski definition) is 6. The van der Waals surface area contributed by atoms with Crippen molar-refractivity contribution in [2.24, 2.45) is 0 Å². The first-order valence-corrected chi connectivity index (χ1v) is 8.74. The van der Waals surface area contributed by atoms with Crippen LogP contribution in [0.5, 0.6) is 11.5 Å². The lowest BCUT2D eigenvalue weighted by atomic mass is 10.2. The summed E-state index contributed by atoms with van der Waals surface area (Å²) < 4.78 is 16.1. The average molecular weight is 367 g/mol. The summed E-state index contributed by atoms with van der Waals surface area (Å²) in [5.74, 6) is -0.0461. The molecule has 1 aromatic rings. The molecule has 0 fully saturated rings. The van der Waals surface area contributed by atoms with E-state index in [1.807, 2.05) is 6.92 Å². The van der Waals surface area contributed by atoms with Crippen molar-refractivity contribution < 1.29 is 28.9 Å². The Labute approximate surface area is 154 Å². The van der Waals surface area contributed by atoms with Crippen LogP contribution >= 0.6 is 0 Å². The second-order valence-electron chi connectivity index (χ2n) is 6.93. The lowest BCUT2D eigenvalue weighted by Crippen LogP contribution is -2.43. The van der Waals surface area contributed by atoms with Gasteiger partial charge in [-0.05, 0) is 51.8 Å². The van der Waals surface area contributed by atoms with Gasteiger partial charge in [0.1, 0.15) is 11.6 Å². The predicted octanol–water partition coefficient (Wildman–Crippen LogP) is 3.18. The summed E-state index contributed by atoms with van der Waals surface area (Å²) in [6.07, 6.45) is 1.14. The normalized spacial score (nSPS) is 12.2. The van der Waals surface area contributed by atoms with Crippen molar-refractivity contribution in [2.45, 2.75) is 65.7 Å². The molecule has 1 atom stereocenters. The standard InChI is InChI=1S/C19H29NO6/c1-6-7-10-24-15-9-8-14(12-21)11-16(15)25-17(22)13(2)20-18(23)26-19(3,4)5/h8-9,11,13,21H,6-7,10,12H2,1-5H3,(H,20,23). The van der Waals surface area contributed by atoms with Gasteiger partial charge in [0.05, 0.1) is 13.2 Å². The molecule has 0 spiro atoms. The Bertz CT molecular complexity index is 609. The Hall–Kier alpha value is -2.28. The van der Waals surface area contributed by atoms with E-state index >= 15 is 0 Å². The summed E-state index contributed by atoms with van der Waals surface area (Å²) in [6, 6.07) is 3.97. The molecule has 1 amide bonds. The molecule has 0 aliphatic carbocycles. The molecule has 7 nitrogen and oxygen atoms in total. The zero-order valence-corrected chi connectivity index (χ0v) is 16.1. The topological polar surface area (TPSA) is 94.1 Å². The van der Waals surface area contributed by atoms with Crippen molar-refractivity contribution >= 4 is 12.1 Å². The van der Waals surface area contributed by atoms with Crippen molar-refractivity contribution in [2.75, 3.05) is 6.61 Å². The molecular weight excluding hydrogens is 338 g/mol. The van der Waals surface area contributed by atoms with E-state index in [9.17, 15) is 14.7 Å². The van der Waals surface area contributed by atoms with Gasteiger partial charge in [0.2, 0.25) is 0 Å². The quantitative estimate of drug-likeness (QED) is 0.416. The molecule has 1 unspecified atom stereocenters. The first kappa shape index (κ1) is 21.8. The van der Waals surface area contributed by atoms with Gasteiger partial charge >= 0.3 is 12.1 Å². The molecule has 146 valence electrons. The number of aliphatic hydroxyl groups excluding tert-OH is 1. The Morgan fingerprint density at radius 1 is 1.23 bits per heavy atom. The summed E-state index contributed by atoms with van der Waals surface area (Å²) in [6.45, 7) is 9.04. The van der Waals surface area contributed by atoms with Crippen molar-refractivity contribution in [1.82, 2.24) is 5.32 Å². The first-order valence-electron chi connectivity index (χ1n) is 8.74. The fourth-order valence-corrected chi connectivity index (χ4v) is 1.92. The fraction of sp³-hybridized carbons (Fsp3) is 0.579. The molecule has 0 aliphatic rings. The van der Waals surface area contributed by atoms with Gasteiger partial charge in [0.15, 0.2) is 11.5 Å². The highest BCUT2D eigenvalue weighted by Crippen LogP contribution is 2.29. The maximum absolute atomic E-state index is 12.3. The van der Waals surface area contributed by atoms with E-state index in [0.717, 1.165) is 12.8 Å². The van der Waals surface area contributed by atoms with Crippen LogP contribution in [-0.4, -0.2) is 35.4 Å². The molecule has 7 heteroatoms. The number of unbranched alkanes of at least 4 members (excludes halogenated alkanes) is 1. The first-order chi connectivity index (χ1) is 12.2. The van der Waals surface area contributed by atoms with Crippen LogP contribution in [0.1, 0.15) is 53.0 Å². The van der Waals surface area contributed by atoms with Crippen LogP contribution in [0, 0.1) is 0 Å². The van der Waals surface area contributed by atoms with Gasteiger partial charge in [0.25, 0.3) is 0 Å². The van der Waals surface area contributed by atoms with E-state index in [0.29, 0.717) is 17.9 Å². The van der Waals surface area contributed by atoms with Crippen LogP contribution in [0.4, 0.5) is 4.79 Å². The monoisotopic (exact) mass is 367 g/mol. The van der Waals surface area contributed by atoms with Crippen LogP contribution < -0.4 is 14.8 Å². The third-order valence-corrected chi connectivity index (χ3v) is 3.24. The summed E-state index contributed by atoms with van der Waals surface area (Å²) in [5.41, 5.74) is -0.0768. The van der Waals surface area contributed by atoms with Crippen molar-refractivity contribution in [3.63, 3.8) is 0 Å². The second kappa shape index (κ2) is 10.0. The molecule has 0 bridgehead atoms. The molecule has 0 aromatic heterocycles. The number of nitrogens with one attached hydrogen (secondary N) is 1. The minimum atomic E-state index is -0.911. The van der Waals surface area contributed by atoms with Crippen molar-refractivity contribution in [1.29, 1.82) is 0 Å². The number of alkyl carbamates (subject to hydrolysis) is 1. The zero-order chi connectivity index (χ0) is 19.7. The molecule has 0 aliphatic heterocycles. The van der Waals surface area contributed by atoms with E-state index in [1.165, 1.54) is 6.92 Å². The van der Waals surface area contributed by atoms with Crippen LogP contribution in [-0.2, 0) is 16.1 Å². The second-order valence-corrected chi connectivity index (χ2v) is 6.93. The summed E-state index contributed by atoms with van der Waals surface area (Å²) in [5, 5.41) is 11.7. The molecule has 0 saturated carbocycles. The number of rotatable bonds is 8. The Morgan fingerprint density at radius 2 is 1.92 bits per heavy atom. The van der Waals surface area contributed by atoms with Gasteiger partial charge < -0.3 is 24.6 Å². The average Bonchev–Trinajstić information content (AvgIpc) is 2.54. The SMILES string of the molecule is CCCCOc1ccc(CO)cc1OC(=O)C(C)NC(=O)OC(C)(C)C. The van der Waals surface area contributed by atoms with Gasteiger partial charge in [-0.2, -0.15) is 0 Å². The Kier molecular flexibility index (Phi) is 8.38. The highest BCUT2D eigenvalue weighted by molar-refractivity contribution is 5.83. The van der Waals surface area contributed by atoms with Crippen LogP contribution in [0.25, 0.3) is 0 Å². The van der Waals surface area contributed by atoms with Gasteiger partial charge in [-0.15, -0.1) is 0 Å². The Morgan fingerprint density at radius 3 is 2.50 bits per heavy atom. The number of carbonyl (C=O) groups is 2. The van der Waals surface area contributed by atoms with Crippen LogP contribution in [0.3, 0.4) is 0 Å². The van der Waals surface area contributed by atoms with E-state index in [4.69, 9.17) is 14.2 Å². The highest BCUT2D eigenvalue weighted by atomic mass is 16.6. The maximum atomic E-state index is 12.3. The van der Waals surface area contributed by atoms with E-state index in [-0.39, 0.29) is 12.4 Å². The molecule has 0 heterocycles. The molecule has 26 heavy (non-hydrogen) atoms. The third-order valence-electron chi connectivity index (χ3n) is 3.24. The van der Waals surface area contributed by atoms with Gasteiger partial charge in [-0.1, -0.05) is 19.4 Å². The summed E-state index contributed by atoms with van der Waals surface area (Å²) in [7, 11) is 0. The summed E-state index contributed by atoms with van der Waals surface area (Å²) >= 11 is 0. The molecule has 1 rings (SSSR count). The van der Waals surface area contributed by atoms with Gasteiger partial charge in [-0.25, -0.2) is 9.59 Å². The van der Waals surface area contributed by atoms with Crippen molar-refractivity contribution in [3.8, 4) is 11.5 Å². The molecule has 0 radical (unpaired) electrons. The fourth-order valence-electron chi connectivity index (χ4n) is 1.92. The van der Waals surface area contributed by atoms with E-state index < -0.39 is 23.7 Å². The predicted molar refractivity (Wildman–Crippen MR) is 97.2 cm³/mol. The van der Waals surface area contributed by atoms with Crippen LogP contribution in [0.2, 0.25) is 0 Å². The minimum Gasteiger partial charge on any atom is -0.490 e.